The lowest BCUT2D eigenvalue weighted by Gasteiger charge is -2.05. The maximum absolute atomic E-state index is 12.1. The number of carbonyl (C=O) groups excluding carboxylic acids is 1. The third-order valence-corrected chi connectivity index (χ3v) is 3.01. The van der Waals surface area contributed by atoms with Crippen LogP contribution in [0, 0.1) is 0 Å². The summed E-state index contributed by atoms with van der Waals surface area (Å²) in [6.45, 7) is 0.490. The van der Waals surface area contributed by atoms with Crippen molar-refractivity contribution < 1.29 is 9.53 Å². The topological polar surface area (TPSA) is 52.3 Å². The molecule has 98 valence electrons. The molecule has 0 spiro atoms. The number of rotatable bonds is 5. The van der Waals surface area contributed by atoms with E-state index >= 15 is 0 Å². The molecule has 2 rings (SSSR count). The fraction of sp³-hybridized carbons (Fsp3) is 0.188. The van der Waals surface area contributed by atoms with E-state index in [2.05, 4.69) is 0 Å². The number of carbonyl (C=O) groups is 1. The Bertz CT molecular complexity index is 561. The van der Waals surface area contributed by atoms with Gasteiger partial charge in [-0.3, -0.25) is 4.79 Å². The molecule has 0 amide bonds. The molecule has 0 saturated carbocycles. The molecular formula is C16H17NO2. The number of methoxy groups -OCH3 is 1. The quantitative estimate of drug-likeness (QED) is 0.835. The van der Waals surface area contributed by atoms with Gasteiger partial charge in [0, 0.05) is 18.5 Å². The molecule has 19 heavy (non-hydrogen) atoms. The van der Waals surface area contributed by atoms with E-state index in [0.29, 0.717) is 18.5 Å². The normalized spacial score (nSPS) is 10.2. The van der Waals surface area contributed by atoms with Crippen molar-refractivity contribution in [1.82, 2.24) is 0 Å². The summed E-state index contributed by atoms with van der Waals surface area (Å²) in [5.41, 5.74) is 8.22. The van der Waals surface area contributed by atoms with E-state index in [-0.39, 0.29) is 5.78 Å². The van der Waals surface area contributed by atoms with E-state index in [1.165, 1.54) is 0 Å². The van der Waals surface area contributed by atoms with Crippen molar-refractivity contribution in [2.45, 2.75) is 13.0 Å². The summed E-state index contributed by atoms with van der Waals surface area (Å²) in [4.78, 5) is 12.1. The second-order valence-corrected chi connectivity index (χ2v) is 4.35. The highest BCUT2D eigenvalue weighted by molar-refractivity contribution is 5.97. The van der Waals surface area contributed by atoms with Crippen molar-refractivity contribution in [3.63, 3.8) is 0 Å². The van der Waals surface area contributed by atoms with Crippen LogP contribution in [0.25, 0.3) is 0 Å². The Morgan fingerprint density at radius 2 is 1.84 bits per heavy atom. The smallest absolute Gasteiger partial charge is 0.167 e. The van der Waals surface area contributed by atoms with Gasteiger partial charge in [-0.2, -0.15) is 0 Å². The first-order valence-corrected chi connectivity index (χ1v) is 6.18. The summed E-state index contributed by atoms with van der Waals surface area (Å²) in [5.74, 6) is 0.862. The number of hydrogen-bond acceptors (Lipinski definition) is 3. The van der Waals surface area contributed by atoms with Crippen LogP contribution in [0.1, 0.15) is 21.5 Å². The fourth-order valence-corrected chi connectivity index (χ4v) is 1.90. The summed E-state index contributed by atoms with van der Waals surface area (Å²) in [7, 11) is 1.62. The standard InChI is InChI=1S/C16H17NO2/c1-19-15-4-2-3-13(9-15)10-16(18)14-7-5-12(11-17)6-8-14/h2-9H,10-11,17H2,1H3. The van der Waals surface area contributed by atoms with Gasteiger partial charge >= 0.3 is 0 Å². The first kappa shape index (κ1) is 13.3. The molecule has 0 unspecified atom stereocenters. The molecule has 3 heteroatoms. The maximum atomic E-state index is 12.1. The first-order chi connectivity index (χ1) is 9.22. The maximum Gasteiger partial charge on any atom is 0.167 e. The molecule has 0 radical (unpaired) electrons. The van der Waals surface area contributed by atoms with Crippen molar-refractivity contribution in [3.05, 3.63) is 65.2 Å². The average Bonchev–Trinajstić information content (AvgIpc) is 2.47. The van der Waals surface area contributed by atoms with Gasteiger partial charge in [0.1, 0.15) is 5.75 Å². The van der Waals surface area contributed by atoms with Crippen molar-refractivity contribution in [3.8, 4) is 5.75 Å². The zero-order chi connectivity index (χ0) is 13.7. The number of nitrogens with two attached hydrogens (primary N) is 1. The molecule has 2 aromatic rings. The van der Waals surface area contributed by atoms with Crippen molar-refractivity contribution >= 4 is 5.78 Å². The highest BCUT2D eigenvalue weighted by Gasteiger charge is 2.07. The molecule has 0 aliphatic heterocycles. The Kier molecular flexibility index (Phi) is 4.31. The SMILES string of the molecule is COc1cccc(CC(=O)c2ccc(CN)cc2)c1. The van der Waals surface area contributed by atoms with Gasteiger partial charge in [-0.15, -0.1) is 0 Å². The molecule has 0 bridgehead atoms. The minimum Gasteiger partial charge on any atom is -0.497 e. The zero-order valence-electron chi connectivity index (χ0n) is 10.9. The lowest BCUT2D eigenvalue weighted by atomic mass is 10.0. The molecular weight excluding hydrogens is 238 g/mol. The second-order valence-electron chi connectivity index (χ2n) is 4.35. The van der Waals surface area contributed by atoms with E-state index in [1.54, 1.807) is 7.11 Å². The molecule has 0 atom stereocenters. The largest absolute Gasteiger partial charge is 0.497 e. The molecule has 0 aromatic heterocycles. The van der Waals surface area contributed by atoms with Gasteiger partial charge in [-0.1, -0.05) is 36.4 Å². The summed E-state index contributed by atoms with van der Waals surface area (Å²) in [6, 6.07) is 15.0. The van der Waals surface area contributed by atoms with Crippen LogP contribution in [0.5, 0.6) is 5.75 Å². The van der Waals surface area contributed by atoms with Crippen LogP contribution in [-0.2, 0) is 13.0 Å². The predicted molar refractivity (Wildman–Crippen MR) is 75.4 cm³/mol. The summed E-state index contributed by atoms with van der Waals surface area (Å²) >= 11 is 0. The molecule has 3 nitrogen and oxygen atoms in total. The number of ether oxygens (including phenoxy) is 1. The van der Waals surface area contributed by atoms with Gasteiger partial charge in [0.2, 0.25) is 0 Å². The minimum absolute atomic E-state index is 0.0943. The zero-order valence-corrected chi connectivity index (χ0v) is 10.9. The number of benzene rings is 2. The molecule has 2 aromatic carbocycles. The van der Waals surface area contributed by atoms with Gasteiger partial charge in [-0.05, 0) is 23.3 Å². The monoisotopic (exact) mass is 255 g/mol. The molecule has 0 saturated heterocycles. The molecule has 0 fully saturated rings. The number of Topliss-reactive ketones (excluding diaryl/α,β-unsaturated/α-hetero) is 1. The van der Waals surface area contributed by atoms with E-state index < -0.39 is 0 Å². The van der Waals surface area contributed by atoms with Gasteiger partial charge < -0.3 is 10.5 Å². The van der Waals surface area contributed by atoms with E-state index in [4.69, 9.17) is 10.5 Å². The third kappa shape index (κ3) is 3.42. The van der Waals surface area contributed by atoms with Crippen LogP contribution in [0.3, 0.4) is 0 Å². The summed E-state index contributed by atoms with van der Waals surface area (Å²) < 4.78 is 5.15. The molecule has 2 N–H and O–H groups in total. The van der Waals surface area contributed by atoms with Crippen molar-refractivity contribution in [1.29, 1.82) is 0 Å². The highest BCUT2D eigenvalue weighted by Crippen LogP contribution is 2.15. The summed E-state index contributed by atoms with van der Waals surface area (Å²) in [5, 5.41) is 0. The van der Waals surface area contributed by atoms with Crippen molar-refractivity contribution in [2.75, 3.05) is 7.11 Å². The van der Waals surface area contributed by atoms with E-state index in [0.717, 1.165) is 16.9 Å². The Morgan fingerprint density at radius 1 is 1.11 bits per heavy atom. The Labute approximate surface area is 113 Å². The van der Waals surface area contributed by atoms with E-state index in [1.807, 2.05) is 48.5 Å². The number of hydrogen-bond donors (Lipinski definition) is 1. The fourth-order valence-electron chi connectivity index (χ4n) is 1.90. The number of ketones is 1. The van der Waals surface area contributed by atoms with Crippen LogP contribution in [0.15, 0.2) is 48.5 Å². The van der Waals surface area contributed by atoms with Crippen LogP contribution in [0.4, 0.5) is 0 Å². The average molecular weight is 255 g/mol. The third-order valence-electron chi connectivity index (χ3n) is 3.01. The Hall–Kier alpha value is -2.13. The molecule has 0 heterocycles. The highest BCUT2D eigenvalue weighted by atomic mass is 16.5. The lowest BCUT2D eigenvalue weighted by molar-refractivity contribution is 0.0993. The van der Waals surface area contributed by atoms with Gasteiger partial charge in [0.25, 0.3) is 0 Å². The van der Waals surface area contributed by atoms with Gasteiger partial charge in [0.05, 0.1) is 7.11 Å². The van der Waals surface area contributed by atoms with Crippen molar-refractivity contribution in [2.24, 2.45) is 5.73 Å². The van der Waals surface area contributed by atoms with Crippen LogP contribution >= 0.6 is 0 Å². The predicted octanol–water partition coefficient (Wildman–Crippen LogP) is 2.58. The van der Waals surface area contributed by atoms with Crippen LogP contribution in [0.2, 0.25) is 0 Å². The summed E-state index contributed by atoms with van der Waals surface area (Å²) in [6.07, 6.45) is 0.374. The molecule has 0 aliphatic rings. The Balaban J connectivity index is 2.11. The van der Waals surface area contributed by atoms with Crippen LogP contribution < -0.4 is 10.5 Å². The lowest BCUT2D eigenvalue weighted by Crippen LogP contribution is -2.04. The van der Waals surface area contributed by atoms with Gasteiger partial charge in [-0.25, -0.2) is 0 Å². The van der Waals surface area contributed by atoms with E-state index in [9.17, 15) is 4.79 Å². The second kappa shape index (κ2) is 6.16. The Morgan fingerprint density at radius 3 is 2.47 bits per heavy atom. The van der Waals surface area contributed by atoms with Crippen LogP contribution in [-0.4, -0.2) is 12.9 Å². The molecule has 0 aliphatic carbocycles. The van der Waals surface area contributed by atoms with Gasteiger partial charge in [0.15, 0.2) is 5.78 Å². The minimum atomic E-state index is 0.0943. The first-order valence-electron chi connectivity index (χ1n) is 6.18.